The maximum Gasteiger partial charge on any atom is 0.223 e. The van der Waals surface area contributed by atoms with Gasteiger partial charge in [-0.1, -0.05) is 44.5 Å². The zero-order valence-electron chi connectivity index (χ0n) is 22.1. The van der Waals surface area contributed by atoms with Crippen molar-refractivity contribution in [3.05, 3.63) is 66.5 Å². The second kappa shape index (κ2) is 14.3. The van der Waals surface area contributed by atoms with Gasteiger partial charge in [0, 0.05) is 18.9 Å². The third-order valence-corrected chi connectivity index (χ3v) is 6.65. The number of benzene rings is 2. The largest absolute Gasteiger partial charge is 0.493 e. The van der Waals surface area contributed by atoms with Crippen molar-refractivity contribution >= 4 is 16.9 Å². The highest BCUT2D eigenvalue weighted by atomic mass is 16.5. The first-order chi connectivity index (χ1) is 17.6. The normalized spacial score (nSPS) is 11.1. The lowest BCUT2D eigenvalue weighted by Gasteiger charge is -2.14. The number of fused-ring (bicyclic) bond motifs is 1. The van der Waals surface area contributed by atoms with E-state index >= 15 is 0 Å². The van der Waals surface area contributed by atoms with Crippen LogP contribution < -0.4 is 14.8 Å². The number of para-hydroxylation sites is 2. The molecule has 1 heterocycles. The molecule has 0 saturated carbocycles. The molecule has 0 unspecified atom stereocenters. The summed E-state index contributed by atoms with van der Waals surface area (Å²) in [6.45, 7) is 9.92. The first-order valence-electron chi connectivity index (χ1n) is 13.2. The Hall–Kier alpha value is -3.28. The van der Waals surface area contributed by atoms with Gasteiger partial charge in [-0.15, -0.1) is 6.58 Å². The average Bonchev–Trinajstić information content (AvgIpc) is 3.25. The number of rotatable bonds is 16. The van der Waals surface area contributed by atoms with Gasteiger partial charge in [0.2, 0.25) is 5.91 Å². The van der Waals surface area contributed by atoms with Crippen LogP contribution in [0.3, 0.4) is 0 Å². The molecule has 2 aromatic carbocycles. The number of amides is 1. The van der Waals surface area contributed by atoms with Crippen molar-refractivity contribution < 1.29 is 14.3 Å². The van der Waals surface area contributed by atoms with E-state index in [1.165, 1.54) is 0 Å². The molecule has 0 fully saturated rings. The van der Waals surface area contributed by atoms with E-state index in [0.717, 1.165) is 85.4 Å². The molecule has 0 saturated heterocycles. The van der Waals surface area contributed by atoms with Crippen LogP contribution in [0.5, 0.6) is 11.5 Å². The Morgan fingerprint density at radius 3 is 2.67 bits per heavy atom. The van der Waals surface area contributed by atoms with Crippen molar-refractivity contribution in [1.82, 2.24) is 14.9 Å². The second-order valence-electron chi connectivity index (χ2n) is 9.11. The van der Waals surface area contributed by atoms with Crippen LogP contribution in [0.15, 0.2) is 55.1 Å². The minimum absolute atomic E-state index is 0.136. The fraction of sp³-hybridized carbons (Fsp3) is 0.467. The molecular formula is C30H41N3O3. The van der Waals surface area contributed by atoms with Crippen molar-refractivity contribution in [3.63, 3.8) is 0 Å². The van der Waals surface area contributed by atoms with E-state index in [4.69, 9.17) is 14.5 Å². The maximum absolute atomic E-state index is 12.1. The second-order valence-corrected chi connectivity index (χ2v) is 9.11. The quantitative estimate of drug-likeness (QED) is 0.194. The number of imidazole rings is 1. The molecule has 0 aliphatic heterocycles. The van der Waals surface area contributed by atoms with Crippen LogP contribution in [0.1, 0.15) is 57.3 Å². The van der Waals surface area contributed by atoms with Crippen molar-refractivity contribution in [2.24, 2.45) is 5.92 Å². The van der Waals surface area contributed by atoms with E-state index in [2.05, 4.69) is 48.5 Å². The molecular weight excluding hydrogens is 450 g/mol. The number of carbonyl (C=O) groups is 1. The summed E-state index contributed by atoms with van der Waals surface area (Å²) in [6.07, 6.45) is 8.44. The third-order valence-electron chi connectivity index (χ3n) is 6.65. The van der Waals surface area contributed by atoms with Crippen molar-refractivity contribution in [1.29, 1.82) is 0 Å². The lowest BCUT2D eigenvalue weighted by Crippen LogP contribution is -2.30. The summed E-state index contributed by atoms with van der Waals surface area (Å²) in [5.74, 6) is 2.88. The van der Waals surface area contributed by atoms with E-state index in [-0.39, 0.29) is 11.8 Å². The van der Waals surface area contributed by atoms with Crippen LogP contribution in [-0.4, -0.2) is 35.7 Å². The van der Waals surface area contributed by atoms with Crippen LogP contribution in [-0.2, 0) is 24.2 Å². The zero-order chi connectivity index (χ0) is 25.8. The van der Waals surface area contributed by atoms with Crippen molar-refractivity contribution in [2.45, 2.75) is 65.3 Å². The number of carbonyl (C=O) groups excluding carboxylic acids is 1. The van der Waals surface area contributed by atoms with Crippen LogP contribution >= 0.6 is 0 Å². The average molecular weight is 492 g/mol. The van der Waals surface area contributed by atoms with Crippen LogP contribution in [0.4, 0.5) is 0 Å². The minimum Gasteiger partial charge on any atom is -0.493 e. The summed E-state index contributed by atoms with van der Waals surface area (Å²) in [6, 6.07) is 14.3. The first-order valence-corrected chi connectivity index (χ1v) is 13.2. The van der Waals surface area contributed by atoms with Crippen LogP contribution in [0.25, 0.3) is 11.0 Å². The Bertz CT molecular complexity index is 1120. The Morgan fingerprint density at radius 1 is 1.11 bits per heavy atom. The molecule has 6 nitrogen and oxygen atoms in total. The number of nitrogens with one attached hydrogen (secondary N) is 1. The van der Waals surface area contributed by atoms with E-state index in [1.54, 1.807) is 7.11 Å². The summed E-state index contributed by atoms with van der Waals surface area (Å²) >= 11 is 0. The summed E-state index contributed by atoms with van der Waals surface area (Å²) in [7, 11) is 1.67. The molecule has 1 N–H and O–H groups in total. The molecule has 6 heteroatoms. The first kappa shape index (κ1) is 27.3. The van der Waals surface area contributed by atoms with Gasteiger partial charge in [-0.2, -0.15) is 0 Å². The topological polar surface area (TPSA) is 65.4 Å². The van der Waals surface area contributed by atoms with Gasteiger partial charge in [0.15, 0.2) is 11.5 Å². The number of unbranched alkanes of at least 4 members (excludes halogenated alkanes) is 2. The number of methoxy groups -OCH3 is 1. The van der Waals surface area contributed by atoms with Gasteiger partial charge in [0.05, 0.1) is 24.7 Å². The standard InChI is InChI=1S/C30H41N3O3/c1-5-13-23-17-18-27(28(22-23)35-4)36-21-20-33-26-15-11-10-14-25(26)32-29(33)16-9-8-12-19-31-30(34)24(6-2)7-3/h5,10-11,14-15,17-18,22,24H,1,6-9,12-13,16,19-21H2,2-4H3,(H,31,34). The number of ether oxygens (including phenoxy) is 2. The highest BCUT2D eigenvalue weighted by molar-refractivity contribution is 5.78. The number of allylic oxidation sites excluding steroid dienone is 1. The Morgan fingerprint density at radius 2 is 1.92 bits per heavy atom. The summed E-state index contributed by atoms with van der Waals surface area (Å²) in [5.41, 5.74) is 3.28. The molecule has 0 radical (unpaired) electrons. The van der Waals surface area contributed by atoms with E-state index in [1.807, 2.05) is 30.3 Å². The van der Waals surface area contributed by atoms with E-state index < -0.39 is 0 Å². The van der Waals surface area contributed by atoms with Gasteiger partial charge in [-0.25, -0.2) is 4.98 Å². The van der Waals surface area contributed by atoms with Crippen molar-refractivity contribution in [3.8, 4) is 11.5 Å². The molecule has 0 bridgehead atoms. The molecule has 36 heavy (non-hydrogen) atoms. The Labute approximate surface area is 215 Å². The monoisotopic (exact) mass is 491 g/mol. The SMILES string of the molecule is C=CCc1ccc(OCCn2c(CCCCCNC(=O)C(CC)CC)nc3ccccc32)c(OC)c1. The van der Waals surface area contributed by atoms with Gasteiger partial charge in [0.1, 0.15) is 12.4 Å². The molecule has 194 valence electrons. The third kappa shape index (κ3) is 7.36. The highest BCUT2D eigenvalue weighted by Gasteiger charge is 2.14. The Kier molecular flexibility index (Phi) is 10.9. The molecule has 1 aromatic heterocycles. The molecule has 1 amide bonds. The molecule has 0 atom stereocenters. The predicted molar refractivity (Wildman–Crippen MR) is 147 cm³/mol. The number of aromatic nitrogens is 2. The van der Waals surface area contributed by atoms with Gasteiger partial charge in [-0.3, -0.25) is 4.79 Å². The molecule has 3 aromatic rings. The molecule has 0 spiro atoms. The fourth-order valence-corrected chi connectivity index (χ4v) is 4.54. The Balaban J connectivity index is 1.55. The number of nitrogens with zero attached hydrogens (tertiary/aromatic N) is 2. The predicted octanol–water partition coefficient (Wildman–Crippen LogP) is 6.12. The van der Waals surface area contributed by atoms with Crippen LogP contribution in [0, 0.1) is 5.92 Å². The number of hydrogen-bond acceptors (Lipinski definition) is 4. The van der Waals surface area contributed by atoms with E-state index in [0.29, 0.717) is 13.2 Å². The number of hydrogen-bond donors (Lipinski definition) is 1. The van der Waals surface area contributed by atoms with Gasteiger partial charge in [-0.05, 0) is 61.9 Å². The molecule has 0 aliphatic carbocycles. The summed E-state index contributed by atoms with van der Waals surface area (Å²) < 4.78 is 13.9. The van der Waals surface area contributed by atoms with Gasteiger partial charge < -0.3 is 19.4 Å². The highest BCUT2D eigenvalue weighted by Crippen LogP contribution is 2.28. The zero-order valence-corrected chi connectivity index (χ0v) is 22.1. The van der Waals surface area contributed by atoms with Crippen molar-refractivity contribution in [2.75, 3.05) is 20.3 Å². The lowest BCUT2D eigenvalue weighted by molar-refractivity contribution is -0.125. The lowest BCUT2D eigenvalue weighted by atomic mass is 10.0. The van der Waals surface area contributed by atoms with E-state index in [9.17, 15) is 4.79 Å². The van der Waals surface area contributed by atoms with Gasteiger partial charge in [0.25, 0.3) is 0 Å². The minimum atomic E-state index is 0.136. The fourth-order valence-electron chi connectivity index (χ4n) is 4.54. The maximum atomic E-state index is 12.1. The smallest absolute Gasteiger partial charge is 0.223 e. The summed E-state index contributed by atoms with van der Waals surface area (Å²) in [4.78, 5) is 17.0. The van der Waals surface area contributed by atoms with Crippen LogP contribution in [0.2, 0.25) is 0 Å². The summed E-state index contributed by atoms with van der Waals surface area (Å²) in [5, 5.41) is 3.09. The number of aryl methyl sites for hydroxylation is 1. The van der Waals surface area contributed by atoms with Gasteiger partial charge >= 0.3 is 0 Å². The molecule has 3 rings (SSSR count). The molecule has 0 aliphatic rings.